The van der Waals surface area contributed by atoms with Gasteiger partial charge in [-0.05, 0) is 12.1 Å². The third kappa shape index (κ3) is 1.79. The van der Waals surface area contributed by atoms with Crippen molar-refractivity contribution < 1.29 is 15.1 Å². The summed E-state index contributed by atoms with van der Waals surface area (Å²) >= 11 is 0. The molecule has 5 heteroatoms. The minimum absolute atomic E-state index is 0.102. The zero-order valence-corrected chi connectivity index (χ0v) is 6.01. The molecule has 0 bridgehead atoms. The molecule has 1 aromatic rings. The Morgan fingerprint density at radius 1 is 1.58 bits per heavy atom. The number of hydrogen-bond acceptors (Lipinski definition) is 4. The van der Waals surface area contributed by atoms with Crippen molar-refractivity contribution >= 4 is 12.2 Å². The predicted octanol–water partition coefficient (Wildman–Crippen LogP) is 0.588. The molecule has 0 saturated carbocycles. The molecule has 0 saturated heterocycles. The first kappa shape index (κ1) is 8.19. The first-order chi connectivity index (χ1) is 5.74. The Hall–Kier alpha value is -1.91. The van der Waals surface area contributed by atoms with Crippen LogP contribution in [0.3, 0.4) is 0 Å². The van der Waals surface area contributed by atoms with Gasteiger partial charge in [0, 0.05) is 6.20 Å². The topological polar surface area (TPSA) is 82.8 Å². The molecule has 0 aliphatic heterocycles. The van der Waals surface area contributed by atoms with Crippen molar-refractivity contribution in [2.24, 2.45) is 5.16 Å². The van der Waals surface area contributed by atoms with Crippen LogP contribution in [0.15, 0.2) is 23.5 Å². The van der Waals surface area contributed by atoms with Gasteiger partial charge in [0.05, 0.1) is 17.5 Å². The fourth-order valence-corrected chi connectivity index (χ4v) is 0.667. The molecule has 0 spiro atoms. The van der Waals surface area contributed by atoms with Crippen LogP contribution >= 0.6 is 0 Å². The van der Waals surface area contributed by atoms with Crippen LogP contribution in [-0.4, -0.2) is 27.5 Å². The van der Waals surface area contributed by atoms with Gasteiger partial charge in [0.25, 0.3) is 0 Å². The van der Waals surface area contributed by atoms with Crippen LogP contribution in [0.25, 0.3) is 0 Å². The van der Waals surface area contributed by atoms with Crippen LogP contribution in [0, 0.1) is 0 Å². The lowest BCUT2D eigenvalue weighted by molar-refractivity contribution is 0.0696. The van der Waals surface area contributed by atoms with Crippen molar-refractivity contribution in [3.63, 3.8) is 0 Å². The van der Waals surface area contributed by atoms with E-state index >= 15 is 0 Å². The number of aromatic nitrogens is 1. The van der Waals surface area contributed by atoms with Crippen LogP contribution in [-0.2, 0) is 0 Å². The highest BCUT2D eigenvalue weighted by molar-refractivity contribution is 5.88. The second-order valence-electron chi connectivity index (χ2n) is 2.02. The highest BCUT2D eigenvalue weighted by Crippen LogP contribution is 1.97. The number of carboxylic acid groups (broad SMARTS) is 1. The monoisotopic (exact) mass is 166 g/mol. The van der Waals surface area contributed by atoms with E-state index < -0.39 is 5.97 Å². The summed E-state index contributed by atoms with van der Waals surface area (Å²) in [5, 5.41) is 19.3. The van der Waals surface area contributed by atoms with Crippen molar-refractivity contribution in [2.75, 3.05) is 0 Å². The minimum Gasteiger partial charge on any atom is -0.478 e. The van der Waals surface area contributed by atoms with Crippen molar-refractivity contribution in [3.8, 4) is 0 Å². The number of aromatic carboxylic acids is 1. The average molecular weight is 166 g/mol. The second kappa shape index (κ2) is 3.47. The first-order valence-electron chi connectivity index (χ1n) is 3.11. The van der Waals surface area contributed by atoms with Gasteiger partial charge >= 0.3 is 5.97 Å². The van der Waals surface area contributed by atoms with Gasteiger partial charge in [-0.3, -0.25) is 4.98 Å². The quantitative estimate of drug-likeness (QED) is 0.382. The number of nitrogens with zero attached hydrogens (tertiary/aromatic N) is 2. The molecule has 0 fully saturated rings. The average Bonchev–Trinajstić information content (AvgIpc) is 2.06. The molecule has 0 aromatic carbocycles. The molecule has 12 heavy (non-hydrogen) atoms. The van der Waals surface area contributed by atoms with E-state index in [-0.39, 0.29) is 5.56 Å². The largest absolute Gasteiger partial charge is 0.478 e. The minimum atomic E-state index is -1.03. The molecule has 0 aliphatic rings. The van der Waals surface area contributed by atoms with E-state index in [0.29, 0.717) is 5.69 Å². The van der Waals surface area contributed by atoms with Gasteiger partial charge in [-0.15, -0.1) is 0 Å². The molecular formula is C7H6N2O3. The Balaban J connectivity index is 2.93. The summed E-state index contributed by atoms with van der Waals surface area (Å²) in [6, 6.07) is 2.83. The summed E-state index contributed by atoms with van der Waals surface area (Å²) in [5.74, 6) is -1.03. The lowest BCUT2D eigenvalue weighted by Crippen LogP contribution is -1.98. The summed E-state index contributed by atoms with van der Waals surface area (Å²) in [6.07, 6.45) is 2.31. The molecule has 0 amide bonds. The van der Waals surface area contributed by atoms with Gasteiger partial charge in [-0.2, -0.15) is 0 Å². The van der Waals surface area contributed by atoms with Gasteiger partial charge in [0.15, 0.2) is 0 Å². The third-order valence-corrected chi connectivity index (χ3v) is 1.22. The predicted molar refractivity (Wildman–Crippen MR) is 40.6 cm³/mol. The Labute approximate surface area is 68.0 Å². The van der Waals surface area contributed by atoms with Crippen molar-refractivity contribution in [3.05, 3.63) is 29.6 Å². The van der Waals surface area contributed by atoms with Gasteiger partial charge in [0.2, 0.25) is 0 Å². The summed E-state index contributed by atoms with van der Waals surface area (Å²) < 4.78 is 0. The summed E-state index contributed by atoms with van der Waals surface area (Å²) in [5.41, 5.74) is 0.507. The Morgan fingerprint density at radius 3 is 2.75 bits per heavy atom. The zero-order chi connectivity index (χ0) is 8.97. The molecule has 0 atom stereocenters. The SMILES string of the molecule is O=C(O)c1ccc(C=NO)nc1. The van der Waals surface area contributed by atoms with Crippen molar-refractivity contribution in [1.82, 2.24) is 4.98 Å². The van der Waals surface area contributed by atoms with Gasteiger partial charge < -0.3 is 10.3 Å². The number of pyridine rings is 1. The van der Waals surface area contributed by atoms with Gasteiger partial charge in [-0.25, -0.2) is 4.79 Å². The Kier molecular flexibility index (Phi) is 2.37. The molecule has 2 N–H and O–H groups in total. The molecule has 62 valence electrons. The maximum absolute atomic E-state index is 10.3. The first-order valence-corrected chi connectivity index (χ1v) is 3.11. The molecule has 0 unspecified atom stereocenters. The molecule has 5 nitrogen and oxygen atoms in total. The fraction of sp³-hybridized carbons (Fsp3) is 0. The van der Waals surface area contributed by atoms with Crippen LogP contribution in [0.1, 0.15) is 16.1 Å². The standard InChI is InChI=1S/C7H6N2O3/c10-7(11)5-1-2-6(4-9-12)8-3-5/h1-4,12H,(H,10,11). The fourth-order valence-electron chi connectivity index (χ4n) is 0.667. The second-order valence-corrected chi connectivity index (χ2v) is 2.02. The molecule has 0 aliphatic carbocycles. The highest BCUT2D eigenvalue weighted by Gasteiger charge is 2.00. The highest BCUT2D eigenvalue weighted by atomic mass is 16.4. The van der Waals surface area contributed by atoms with Crippen molar-refractivity contribution in [1.29, 1.82) is 0 Å². The summed E-state index contributed by atoms with van der Waals surface area (Å²) in [6.45, 7) is 0. The Bertz CT molecular complexity index is 305. The normalized spacial score (nSPS) is 10.3. The van der Waals surface area contributed by atoms with E-state index in [4.69, 9.17) is 10.3 Å². The van der Waals surface area contributed by atoms with Gasteiger partial charge in [0.1, 0.15) is 0 Å². The van der Waals surface area contributed by atoms with Crippen LogP contribution in [0.2, 0.25) is 0 Å². The molecule has 1 heterocycles. The number of rotatable bonds is 2. The van der Waals surface area contributed by atoms with E-state index in [0.717, 1.165) is 6.21 Å². The number of carboxylic acids is 1. The van der Waals surface area contributed by atoms with E-state index in [1.54, 1.807) is 0 Å². The lowest BCUT2D eigenvalue weighted by atomic mass is 10.2. The van der Waals surface area contributed by atoms with E-state index in [9.17, 15) is 4.79 Å². The lowest BCUT2D eigenvalue weighted by Gasteiger charge is -1.92. The molecule has 0 radical (unpaired) electrons. The van der Waals surface area contributed by atoms with Crippen LogP contribution in [0.4, 0.5) is 0 Å². The molecule has 1 rings (SSSR count). The van der Waals surface area contributed by atoms with Crippen molar-refractivity contribution in [2.45, 2.75) is 0 Å². The van der Waals surface area contributed by atoms with E-state index in [1.807, 2.05) is 0 Å². The third-order valence-electron chi connectivity index (χ3n) is 1.22. The number of hydrogen-bond donors (Lipinski definition) is 2. The number of oxime groups is 1. The van der Waals surface area contributed by atoms with Gasteiger partial charge in [-0.1, -0.05) is 5.16 Å². The van der Waals surface area contributed by atoms with Crippen LogP contribution in [0.5, 0.6) is 0 Å². The molecular weight excluding hydrogens is 160 g/mol. The smallest absolute Gasteiger partial charge is 0.337 e. The number of carbonyl (C=O) groups is 1. The Morgan fingerprint density at radius 2 is 2.33 bits per heavy atom. The van der Waals surface area contributed by atoms with E-state index in [2.05, 4.69) is 10.1 Å². The maximum atomic E-state index is 10.3. The maximum Gasteiger partial charge on any atom is 0.337 e. The summed E-state index contributed by atoms with van der Waals surface area (Å²) in [4.78, 5) is 14.0. The van der Waals surface area contributed by atoms with E-state index in [1.165, 1.54) is 18.3 Å². The molecule has 1 aromatic heterocycles. The summed E-state index contributed by atoms with van der Waals surface area (Å²) in [7, 11) is 0. The zero-order valence-electron chi connectivity index (χ0n) is 6.01. The van der Waals surface area contributed by atoms with Crippen LogP contribution < -0.4 is 0 Å².